The van der Waals surface area contributed by atoms with Gasteiger partial charge >= 0.3 is 0 Å². The number of anilines is 1. The summed E-state index contributed by atoms with van der Waals surface area (Å²) in [5.41, 5.74) is 2.13. The van der Waals surface area contributed by atoms with Crippen LogP contribution in [0.25, 0.3) is 0 Å². The Morgan fingerprint density at radius 2 is 2.15 bits per heavy atom. The van der Waals surface area contributed by atoms with Gasteiger partial charge in [-0.1, -0.05) is 6.92 Å². The van der Waals surface area contributed by atoms with E-state index in [1.54, 1.807) is 6.07 Å². The average molecular weight is 276 g/mol. The van der Waals surface area contributed by atoms with Gasteiger partial charge < -0.3 is 10.2 Å². The van der Waals surface area contributed by atoms with E-state index in [2.05, 4.69) is 24.1 Å². The van der Waals surface area contributed by atoms with Gasteiger partial charge in [-0.3, -0.25) is 0 Å². The van der Waals surface area contributed by atoms with Gasteiger partial charge in [0.2, 0.25) is 0 Å². The molecule has 0 bridgehead atoms. The predicted octanol–water partition coefficient (Wildman–Crippen LogP) is 3.49. The Hall–Kier alpha value is -1.09. The Balaban J connectivity index is 1.88. The molecule has 1 saturated heterocycles. The Morgan fingerprint density at radius 1 is 1.40 bits per heavy atom. The van der Waals surface area contributed by atoms with Crippen molar-refractivity contribution in [2.45, 2.75) is 51.6 Å². The van der Waals surface area contributed by atoms with Crippen LogP contribution in [0.1, 0.15) is 38.7 Å². The van der Waals surface area contributed by atoms with Crippen molar-refractivity contribution in [1.82, 2.24) is 5.32 Å². The molecule has 1 aliphatic heterocycles. The molecule has 2 atom stereocenters. The molecule has 3 heteroatoms. The Bertz CT molecular complexity index is 498. The molecule has 110 valence electrons. The third-order valence-corrected chi connectivity index (χ3v) is 5.10. The molecular formula is C17H25FN2. The summed E-state index contributed by atoms with van der Waals surface area (Å²) in [7, 11) is 0. The fourth-order valence-corrected chi connectivity index (χ4v) is 3.47. The molecule has 0 spiro atoms. The minimum atomic E-state index is -0.109. The maximum Gasteiger partial charge on any atom is 0.126 e. The number of nitrogens with zero attached hydrogens (tertiary/aromatic N) is 1. The van der Waals surface area contributed by atoms with Gasteiger partial charge in [-0.15, -0.1) is 0 Å². The number of rotatable bonds is 3. The predicted molar refractivity (Wildman–Crippen MR) is 81.7 cm³/mol. The Morgan fingerprint density at radius 3 is 2.75 bits per heavy atom. The number of hydrogen-bond donors (Lipinski definition) is 1. The number of hydrogen-bond acceptors (Lipinski definition) is 2. The van der Waals surface area contributed by atoms with Crippen LogP contribution in [0.2, 0.25) is 0 Å². The number of halogens is 1. The van der Waals surface area contributed by atoms with Crippen LogP contribution >= 0.6 is 0 Å². The molecule has 2 nitrogen and oxygen atoms in total. The lowest BCUT2D eigenvalue weighted by molar-refractivity contribution is 0.252. The van der Waals surface area contributed by atoms with E-state index in [1.165, 1.54) is 18.5 Å². The lowest BCUT2D eigenvalue weighted by Crippen LogP contribution is -2.64. The largest absolute Gasteiger partial charge is 0.365 e. The molecule has 1 aromatic carbocycles. The molecule has 20 heavy (non-hydrogen) atoms. The zero-order valence-corrected chi connectivity index (χ0v) is 12.7. The molecule has 1 saturated carbocycles. The van der Waals surface area contributed by atoms with Crippen molar-refractivity contribution in [3.63, 3.8) is 0 Å². The van der Waals surface area contributed by atoms with Gasteiger partial charge in [0.15, 0.2) is 0 Å². The fraction of sp³-hybridized carbons (Fsp3) is 0.647. The fourth-order valence-electron chi connectivity index (χ4n) is 3.47. The van der Waals surface area contributed by atoms with E-state index in [-0.39, 0.29) is 11.4 Å². The normalized spacial score (nSPS) is 30.6. The zero-order valence-electron chi connectivity index (χ0n) is 12.7. The zero-order chi connectivity index (χ0) is 14.3. The summed E-state index contributed by atoms with van der Waals surface area (Å²) in [6.07, 6.45) is 3.80. The molecule has 3 rings (SSSR count). The topological polar surface area (TPSA) is 15.3 Å². The first-order valence-corrected chi connectivity index (χ1v) is 7.81. The molecule has 2 aliphatic rings. The Labute approximate surface area is 121 Å². The van der Waals surface area contributed by atoms with Crippen LogP contribution in [-0.4, -0.2) is 24.7 Å². The average Bonchev–Trinajstić information content (AvgIpc) is 3.27. The maximum atomic E-state index is 13.5. The third kappa shape index (κ3) is 2.44. The summed E-state index contributed by atoms with van der Waals surface area (Å²) in [6, 6.07) is 6.04. The second-order valence-corrected chi connectivity index (χ2v) is 6.70. The third-order valence-electron chi connectivity index (χ3n) is 5.10. The molecule has 2 fully saturated rings. The summed E-state index contributed by atoms with van der Waals surface area (Å²) in [5.74, 6) is 0.700. The van der Waals surface area contributed by atoms with Gasteiger partial charge in [0.05, 0.1) is 0 Å². The van der Waals surface area contributed by atoms with E-state index in [9.17, 15) is 4.39 Å². The minimum absolute atomic E-state index is 0.109. The monoisotopic (exact) mass is 276 g/mol. The van der Waals surface area contributed by atoms with Gasteiger partial charge in [-0.05, 0) is 62.8 Å². The second-order valence-electron chi connectivity index (χ2n) is 6.70. The summed E-state index contributed by atoms with van der Waals surface area (Å²) in [4.78, 5) is 2.49. The van der Waals surface area contributed by atoms with E-state index in [1.807, 2.05) is 19.1 Å². The lowest BCUT2D eigenvalue weighted by Gasteiger charge is -2.48. The van der Waals surface area contributed by atoms with Crippen molar-refractivity contribution in [2.24, 2.45) is 5.92 Å². The van der Waals surface area contributed by atoms with Crippen molar-refractivity contribution in [2.75, 3.05) is 18.0 Å². The van der Waals surface area contributed by atoms with E-state index in [0.717, 1.165) is 31.0 Å². The second kappa shape index (κ2) is 5.03. The number of nitrogens with one attached hydrogen (secondary N) is 1. The van der Waals surface area contributed by atoms with Crippen molar-refractivity contribution in [3.05, 3.63) is 29.6 Å². The molecule has 0 radical (unpaired) electrons. The van der Waals surface area contributed by atoms with Crippen LogP contribution in [0, 0.1) is 18.7 Å². The summed E-state index contributed by atoms with van der Waals surface area (Å²) in [5, 5.41) is 3.77. The number of aryl methyl sites for hydroxylation is 1. The smallest absolute Gasteiger partial charge is 0.126 e. The van der Waals surface area contributed by atoms with Crippen LogP contribution in [0.4, 0.5) is 10.1 Å². The molecule has 1 aliphatic carbocycles. The van der Waals surface area contributed by atoms with Crippen LogP contribution < -0.4 is 10.2 Å². The first-order valence-electron chi connectivity index (χ1n) is 7.81. The molecule has 0 aromatic heterocycles. The Kier molecular flexibility index (Phi) is 3.49. The molecule has 1 aromatic rings. The molecule has 1 heterocycles. The van der Waals surface area contributed by atoms with Gasteiger partial charge in [0, 0.05) is 30.4 Å². The molecular weight excluding hydrogens is 251 g/mol. The van der Waals surface area contributed by atoms with Crippen LogP contribution in [0.5, 0.6) is 0 Å². The standard InChI is InChI=1S/C17H25FN2/c1-4-14-10-19-17(3,13-5-6-13)11-20(14)15-7-8-16(18)12(2)9-15/h7-9,13-14,19H,4-6,10-11H2,1-3H3. The van der Waals surface area contributed by atoms with Gasteiger partial charge in [0.1, 0.15) is 5.82 Å². The van der Waals surface area contributed by atoms with E-state index >= 15 is 0 Å². The van der Waals surface area contributed by atoms with Gasteiger partial charge in [0.25, 0.3) is 0 Å². The van der Waals surface area contributed by atoms with E-state index in [4.69, 9.17) is 0 Å². The van der Waals surface area contributed by atoms with Gasteiger partial charge in [-0.25, -0.2) is 4.39 Å². The first kappa shape index (κ1) is 13.9. The quantitative estimate of drug-likeness (QED) is 0.909. The lowest BCUT2D eigenvalue weighted by atomic mass is 9.90. The highest BCUT2D eigenvalue weighted by atomic mass is 19.1. The van der Waals surface area contributed by atoms with Gasteiger partial charge in [-0.2, -0.15) is 0 Å². The van der Waals surface area contributed by atoms with Crippen LogP contribution in [-0.2, 0) is 0 Å². The van der Waals surface area contributed by atoms with Crippen molar-refractivity contribution in [1.29, 1.82) is 0 Å². The highest BCUT2D eigenvalue weighted by Crippen LogP contribution is 2.42. The van der Waals surface area contributed by atoms with E-state index in [0.29, 0.717) is 6.04 Å². The van der Waals surface area contributed by atoms with Crippen molar-refractivity contribution < 1.29 is 4.39 Å². The molecule has 0 amide bonds. The van der Waals surface area contributed by atoms with E-state index < -0.39 is 0 Å². The maximum absolute atomic E-state index is 13.5. The van der Waals surface area contributed by atoms with Crippen molar-refractivity contribution >= 4 is 5.69 Å². The highest BCUT2D eigenvalue weighted by molar-refractivity contribution is 5.51. The number of piperazine rings is 1. The highest BCUT2D eigenvalue weighted by Gasteiger charge is 2.45. The first-order chi connectivity index (χ1) is 9.53. The van der Waals surface area contributed by atoms with Crippen molar-refractivity contribution in [3.8, 4) is 0 Å². The summed E-state index contributed by atoms with van der Waals surface area (Å²) >= 11 is 0. The minimum Gasteiger partial charge on any atom is -0.365 e. The molecule has 1 N–H and O–H groups in total. The summed E-state index contributed by atoms with van der Waals surface area (Å²) in [6.45, 7) is 8.48. The van der Waals surface area contributed by atoms with Crippen LogP contribution in [0.3, 0.4) is 0 Å². The SMILES string of the molecule is CCC1CNC(C)(C2CC2)CN1c1ccc(F)c(C)c1. The molecule has 2 unspecified atom stereocenters. The van der Waals surface area contributed by atoms with Crippen LogP contribution in [0.15, 0.2) is 18.2 Å². The number of benzene rings is 1. The summed E-state index contributed by atoms with van der Waals surface area (Å²) < 4.78 is 13.5.